The molecular formula is C17H34N2O3S. The molecule has 1 aliphatic rings. The highest BCUT2D eigenvalue weighted by Crippen LogP contribution is 2.25. The standard InChI is InChI=1S/C17H34N2O3S/c1-6-15-8-7-9-19(10-15)17(4,5)13-18-16(20)12-23(21,22)11-14(2)3/h14-15H,6-13H2,1-5H3,(H,18,20). The molecule has 1 rings (SSSR count). The quantitative estimate of drug-likeness (QED) is 0.731. The molecule has 0 aromatic carbocycles. The molecule has 0 spiro atoms. The second-order valence-electron chi connectivity index (χ2n) is 7.90. The van der Waals surface area contributed by atoms with Crippen LogP contribution in [0.25, 0.3) is 0 Å². The molecular weight excluding hydrogens is 312 g/mol. The maximum Gasteiger partial charge on any atom is 0.235 e. The third kappa shape index (κ3) is 7.21. The number of hydrogen-bond acceptors (Lipinski definition) is 4. The van der Waals surface area contributed by atoms with Crippen LogP contribution in [0.5, 0.6) is 0 Å². The van der Waals surface area contributed by atoms with E-state index in [1.165, 1.54) is 19.3 Å². The summed E-state index contributed by atoms with van der Waals surface area (Å²) in [6.45, 7) is 12.7. The number of sulfone groups is 1. The highest BCUT2D eigenvalue weighted by molar-refractivity contribution is 7.92. The van der Waals surface area contributed by atoms with Crippen LogP contribution in [-0.4, -0.2) is 55.9 Å². The molecule has 1 aliphatic heterocycles. The summed E-state index contributed by atoms with van der Waals surface area (Å²) in [5.74, 6) is 0.0453. The Morgan fingerprint density at radius 1 is 1.35 bits per heavy atom. The summed E-state index contributed by atoms with van der Waals surface area (Å²) in [6.07, 6.45) is 3.66. The van der Waals surface area contributed by atoms with E-state index >= 15 is 0 Å². The van der Waals surface area contributed by atoms with Crippen molar-refractivity contribution in [2.24, 2.45) is 11.8 Å². The van der Waals surface area contributed by atoms with Crippen LogP contribution < -0.4 is 5.32 Å². The molecule has 0 saturated carbocycles. The first-order valence-electron chi connectivity index (χ1n) is 8.78. The summed E-state index contributed by atoms with van der Waals surface area (Å²) in [6, 6.07) is 0. The molecule has 1 amide bonds. The zero-order valence-corrected chi connectivity index (χ0v) is 16.2. The molecule has 6 heteroatoms. The van der Waals surface area contributed by atoms with Crippen LogP contribution in [0.2, 0.25) is 0 Å². The van der Waals surface area contributed by atoms with Gasteiger partial charge in [-0.25, -0.2) is 8.42 Å². The molecule has 0 aromatic heterocycles. The normalized spacial score (nSPS) is 20.7. The molecule has 0 aromatic rings. The molecule has 1 atom stereocenters. The molecule has 1 unspecified atom stereocenters. The second-order valence-corrected chi connectivity index (χ2v) is 10.0. The van der Waals surface area contributed by atoms with E-state index in [4.69, 9.17) is 0 Å². The van der Waals surface area contributed by atoms with Crippen LogP contribution in [0.1, 0.15) is 53.9 Å². The van der Waals surface area contributed by atoms with Gasteiger partial charge in [0.2, 0.25) is 5.91 Å². The average molecular weight is 347 g/mol. The molecule has 0 aliphatic carbocycles. The lowest BCUT2D eigenvalue weighted by molar-refractivity contribution is -0.119. The van der Waals surface area contributed by atoms with Gasteiger partial charge in [0.15, 0.2) is 9.84 Å². The van der Waals surface area contributed by atoms with E-state index in [9.17, 15) is 13.2 Å². The monoisotopic (exact) mass is 346 g/mol. The third-order valence-corrected chi connectivity index (χ3v) is 6.49. The fourth-order valence-electron chi connectivity index (χ4n) is 3.19. The number of carbonyl (C=O) groups excluding carboxylic acids is 1. The van der Waals surface area contributed by atoms with Gasteiger partial charge in [-0.15, -0.1) is 0 Å². The van der Waals surface area contributed by atoms with Gasteiger partial charge < -0.3 is 5.32 Å². The maximum absolute atomic E-state index is 12.0. The minimum Gasteiger partial charge on any atom is -0.353 e. The molecule has 23 heavy (non-hydrogen) atoms. The highest BCUT2D eigenvalue weighted by Gasteiger charge is 2.31. The summed E-state index contributed by atoms with van der Waals surface area (Å²) >= 11 is 0. The van der Waals surface area contributed by atoms with Crippen molar-refractivity contribution in [2.45, 2.75) is 59.4 Å². The number of nitrogens with one attached hydrogen (secondary N) is 1. The summed E-state index contributed by atoms with van der Waals surface area (Å²) in [5, 5.41) is 2.82. The van der Waals surface area contributed by atoms with E-state index in [-0.39, 0.29) is 23.1 Å². The van der Waals surface area contributed by atoms with Crippen molar-refractivity contribution in [2.75, 3.05) is 31.1 Å². The van der Waals surface area contributed by atoms with E-state index in [2.05, 4.69) is 31.0 Å². The van der Waals surface area contributed by atoms with Crippen LogP contribution in [-0.2, 0) is 14.6 Å². The van der Waals surface area contributed by atoms with E-state index in [0.29, 0.717) is 6.54 Å². The largest absolute Gasteiger partial charge is 0.353 e. The highest BCUT2D eigenvalue weighted by atomic mass is 32.2. The molecule has 0 radical (unpaired) electrons. The summed E-state index contributed by atoms with van der Waals surface area (Å²) in [7, 11) is -3.31. The van der Waals surface area contributed by atoms with Gasteiger partial charge in [-0.2, -0.15) is 0 Å². The van der Waals surface area contributed by atoms with Gasteiger partial charge in [-0.05, 0) is 45.1 Å². The van der Waals surface area contributed by atoms with Crippen molar-refractivity contribution in [3.05, 3.63) is 0 Å². The molecule has 136 valence electrons. The molecule has 1 N–H and O–H groups in total. The van der Waals surface area contributed by atoms with E-state index in [1.54, 1.807) is 0 Å². The van der Waals surface area contributed by atoms with Crippen molar-refractivity contribution in [3.63, 3.8) is 0 Å². The molecule has 5 nitrogen and oxygen atoms in total. The summed E-state index contributed by atoms with van der Waals surface area (Å²) < 4.78 is 23.8. The predicted molar refractivity (Wildman–Crippen MR) is 95.2 cm³/mol. The summed E-state index contributed by atoms with van der Waals surface area (Å²) in [4.78, 5) is 14.4. The number of nitrogens with zero attached hydrogens (tertiary/aromatic N) is 1. The number of carbonyl (C=O) groups is 1. The smallest absolute Gasteiger partial charge is 0.235 e. The van der Waals surface area contributed by atoms with Crippen LogP contribution in [0.3, 0.4) is 0 Å². The Balaban J connectivity index is 2.50. The Hall–Kier alpha value is -0.620. The van der Waals surface area contributed by atoms with Crippen LogP contribution in [0.15, 0.2) is 0 Å². The van der Waals surface area contributed by atoms with Crippen molar-refractivity contribution in [1.82, 2.24) is 10.2 Å². The number of hydrogen-bond donors (Lipinski definition) is 1. The molecule has 1 heterocycles. The van der Waals surface area contributed by atoms with Crippen molar-refractivity contribution in [1.29, 1.82) is 0 Å². The van der Waals surface area contributed by atoms with Crippen molar-refractivity contribution >= 4 is 15.7 Å². The van der Waals surface area contributed by atoms with Crippen LogP contribution in [0.4, 0.5) is 0 Å². The topological polar surface area (TPSA) is 66.5 Å². The van der Waals surface area contributed by atoms with E-state index < -0.39 is 15.6 Å². The maximum atomic E-state index is 12.0. The Morgan fingerprint density at radius 2 is 2.00 bits per heavy atom. The number of amides is 1. The lowest BCUT2D eigenvalue weighted by atomic mass is 9.91. The van der Waals surface area contributed by atoms with Crippen molar-refractivity contribution in [3.8, 4) is 0 Å². The number of likely N-dealkylation sites (tertiary alicyclic amines) is 1. The van der Waals surface area contributed by atoms with Gasteiger partial charge in [0.05, 0.1) is 5.75 Å². The fraction of sp³-hybridized carbons (Fsp3) is 0.941. The zero-order valence-electron chi connectivity index (χ0n) is 15.4. The van der Waals surface area contributed by atoms with Gasteiger partial charge in [0, 0.05) is 18.6 Å². The zero-order chi connectivity index (χ0) is 17.7. The average Bonchev–Trinajstić information content (AvgIpc) is 2.43. The number of rotatable bonds is 8. The molecule has 0 bridgehead atoms. The van der Waals surface area contributed by atoms with Crippen LogP contribution in [0, 0.1) is 11.8 Å². The van der Waals surface area contributed by atoms with Gasteiger partial charge in [-0.1, -0.05) is 27.2 Å². The predicted octanol–water partition coefficient (Wildman–Crippen LogP) is 2.07. The number of piperidine rings is 1. The first-order chi connectivity index (χ1) is 10.6. The van der Waals surface area contributed by atoms with Gasteiger partial charge >= 0.3 is 0 Å². The lowest BCUT2D eigenvalue weighted by Crippen LogP contribution is -2.55. The SMILES string of the molecule is CCC1CCCN(C(C)(C)CNC(=O)CS(=O)(=O)CC(C)C)C1. The van der Waals surface area contributed by atoms with Gasteiger partial charge in [-0.3, -0.25) is 9.69 Å². The molecule has 1 fully saturated rings. The molecule has 1 saturated heterocycles. The van der Waals surface area contributed by atoms with E-state index in [1.807, 2.05) is 13.8 Å². The minimum atomic E-state index is -3.31. The van der Waals surface area contributed by atoms with Gasteiger partial charge in [0.1, 0.15) is 5.75 Å². The van der Waals surface area contributed by atoms with Gasteiger partial charge in [0.25, 0.3) is 0 Å². The lowest BCUT2D eigenvalue weighted by Gasteiger charge is -2.43. The first kappa shape index (κ1) is 20.4. The van der Waals surface area contributed by atoms with E-state index in [0.717, 1.165) is 19.0 Å². The first-order valence-corrected chi connectivity index (χ1v) is 10.6. The third-order valence-electron chi connectivity index (χ3n) is 4.61. The fourth-order valence-corrected chi connectivity index (χ4v) is 4.83. The van der Waals surface area contributed by atoms with Crippen LogP contribution >= 0.6 is 0 Å². The minimum absolute atomic E-state index is 0.0450. The Bertz CT molecular complexity index is 486. The Labute approximate surface area is 142 Å². The summed E-state index contributed by atoms with van der Waals surface area (Å²) in [5.41, 5.74) is -0.148. The second kappa shape index (κ2) is 8.47. The van der Waals surface area contributed by atoms with Crippen molar-refractivity contribution < 1.29 is 13.2 Å². The Morgan fingerprint density at radius 3 is 2.57 bits per heavy atom. The Kier molecular flexibility index (Phi) is 7.52.